The van der Waals surface area contributed by atoms with Crippen molar-refractivity contribution in [3.8, 4) is 11.5 Å². The fourth-order valence-electron chi connectivity index (χ4n) is 3.20. The zero-order chi connectivity index (χ0) is 21.1. The van der Waals surface area contributed by atoms with Crippen LogP contribution in [0.2, 0.25) is 0 Å². The minimum atomic E-state index is -0.275. The van der Waals surface area contributed by atoms with Crippen LogP contribution >= 0.6 is 11.8 Å². The lowest BCUT2D eigenvalue weighted by Crippen LogP contribution is -2.32. The van der Waals surface area contributed by atoms with Crippen molar-refractivity contribution in [2.24, 2.45) is 10.9 Å². The Kier molecular flexibility index (Phi) is 6.08. The Morgan fingerprint density at radius 2 is 1.87 bits per heavy atom. The molecular formula is C23H23FN2O3S. The van der Waals surface area contributed by atoms with Crippen LogP contribution in [-0.4, -0.2) is 35.7 Å². The summed E-state index contributed by atoms with van der Waals surface area (Å²) in [6, 6.07) is 11.9. The summed E-state index contributed by atoms with van der Waals surface area (Å²) in [5, 5.41) is 0.668. The number of hydrogen-bond donors (Lipinski definition) is 0. The van der Waals surface area contributed by atoms with Crippen LogP contribution in [0, 0.1) is 11.7 Å². The standard InChI is InChI=1S/C23H23FN2O3S/c1-15(2)14-26-22(27)21(12-17-5-8-19-20(11-17)29-10-9-28-19)30-23(26)25-13-16-3-6-18(24)7-4-16/h3-8,11-12,15H,9-10,13-14H2,1-2H3/b21-12-,25-23-. The minimum absolute atomic E-state index is 0.0542. The van der Waals surface area contributed by atoms with E-state index in [-0.39, 0.29) is 11.7 Å². The summed E-state index contributed by atoms with van der Waals surface area (Å²) in [7, 11) is 0. The molecule has 0 aromatic heterocycles. The van der Waals surface area contributed by atoms with Gasteiger partial charge in [0, 0.05) is 6.54 Å². The van der Waals surface area contributed by atoms with Gasteiger partial charge in [0.1, 0.15) is 19.0 Å². The Hall–Kier alpha value is -2.80. The van der Waals surface area contributed by atoms with Crippen LogP contribution in [0.15, 0.2) is 52.4 Å². The van der Waals surface area contributed by atoms with Crippen molar-refractivity contribution in [1.82, 2.24) is 4.90 Å². The van der Waals surface area contributed by atoms with Gasteiger partial charge in [0.05, 0.1) is 11.4 Å². The molecular weight excluding hydrogens is 403 g/mol. The van der Waals surface area contributed by atoms with Gasteiger partial charge in [-0.15, -0.1) is 0 Å². The molecule has 4 rings (SSSR count). The van der Waals surface area contributed by atoms with Crippen molar-refractivity contribution in [2.75, 3.05) is 19.8 Å². The highest BCUT2D eigenvalue weighted by Gasteiger charge is 2.33. The molecule has 2 heterocycles. The van der Waals surface area contributed by atoms with Crippen molar-refractivity contribution in [3.63, 3.8) is 0 Å². The maximum atomic E-state index is 13.1. The number of rotatable bonds is 5. The number of benzene rings is 2. The van der Waals surface area contributed by atoms with E-state index in [0.29, 0.717) is 48.0 Å². The maximum Gasteiger partial charge on any atom is 0.266 e. The van der Waals surface area contributed by atoms with Gasteiger partial charge in [0.25, 0.3) is 5.91 Å². The van der Waals surface area contributed by atoms with Crippen LogP contribution in [0.5, 0.6) is 11.5 Å². The first-order chi connectivity index (χ1) is 14.5. The van der Waals surface area contributed by atoms with Gasteiger partial charge in [-0.2, -0.15) is 0 Å². The molecule has 0 atom stereocenters. The molecule has 1 saturated heterocycles. The number of carbonyl (C=O) groups excluding carboxylic acids is 1. The molecule has 5 nitrogen and oxygen atoms in total. The largest absolute Gasteiger partial charge is 0.486 e. The third-order valence-corrected chi connectivity index (χ3v) is 5.65. The molecule has 0 spiro atoms. The first-order valence-electron chi connectivity index (χ1n) is 9.89. The molecule has 1 amide bonds. The summed E-state index contributed by atoms with van der Waals surface area (Å²) in [5.74, 6) is 1.38. The molecule has 7 heteroatoms. The number of thioether (sulfide) groups is 1. The second-order valence-electron chi connectivity index (χ2n) is 7.55. The van der Waals surface area contributed by atoms with Crippen LogP contribution in [0.25, 0.3) is 6.08 Å². The molecule has 156 valence electrons. The summed E-state index contributed by atoms with van der Waals surface area (Å²) >= 11 is 1.36. The van der Waals surface area contributed by atoms with Gasteiger partial charge in [-0.25, -0.2) is 4.39 Å². The molecule has 0 N–H and O–H groups in total. The molecule has 2 aliphatic rings. The molecule has 30 heavy (non-hydrogen) atoms. The summed E-state index contributed by atoms with van der Waals surface area (Å²) in [5.41, 5.74) is 1.77. The third-order valence-electron chi connectivity index (χ3n) is 4.61. The second-order valence-corrected chi connectivity index (χ2v) is 8.56. The third kappa shape index (κ3) is 4.67. The van der Waals surface area contributed by atoms with Crippen LogP contribution < -0.4 is 9.47 Å². The number of fused-ring (bicyclic) bond motifs is 1. The van der Waals surface area contributed by atoms with Crippen LogP contribution in [0.3, 0.4) is 0 Å². The minimum Gasteiger partial charge on any atom is -0.486 e. The Morgan fingerprint density at radius 1 is 1.13 bits per heavy atom. The summed E-state index contributed by atoms with van der Waals surface area (Å²) in [6.07, 6.45) is 1.86. The molecule has 0 unspecified atom stereocenters. The normalized spacial score (nSPS) is 18.7. The highest BCUT2D eigenvalue weighted by molar-refractivity contribution is 8.18. The van der Waals surface area contributed by atoms with Gasteiger partial charge in [0.15, 0.2) is 16.7 Å². The quantitative estimate of drug-likeness (QED) is 0.649. The predicted octanol–water partition coefficient (Wildman–Crippen LogP) is 4.73. The lowest BCUT2D eigenvalue weighted by molar-refractivity contribution is -0.122. The molecule has 0 bridgehead atoms. The average Bonchev–Trinajstić information content (AvgIpc) is 3.02. The Morgan fingerprint density at radius 3 is 2.60 bits per heavy atom. The van der Waals surface area contributed by atoms with E-state index < -0.39 is 0 Å². The summed E-state index contributed by atoms with van der Waals surface area (Å²) < 4.78 is 24.3. The van der Waals surface area contributed by atoms with Gasteiger partial charge < -0.3 is 9.47 Å². The molecule has 2 aromatic rings. The van der Waals surface area contributed by atoms with Gasteiger partial charge >= 0.3 is 0 Å². The van der Waals surface area contributed by atoms with E-state index in [1.165, 1.54) is 23.9 Å². The first kappa shape index (κ1) is 20.5. The van der Waals surface area contributed by atoms with Crippen LogP contribution in [0.1, 0.15) is 25.0 Å². The van der Waals surface area contributed by atoms with Crippen molar-refractivity contribution >= 4 is 28.9 Å². The fraction of sp³-hybridized carbons (Fsp3) is 0.304. The van der Waals surface area contributed by atoms with Crippen molar-refractivity contribution in [1.29, 1.82) is 0 Å². The molecule has 2 aromatic carbocycles. The number of halogens is 1. The Balaban J connectivity index is 1.58. The molecule has 0 radical (unpaired) electrons. The lowest BCUT2D eigenvalue weighted by Gasteiger charge is -2.18. The van der Waals surface area contributed by atoms with E-state index in [2.05, 4.69) is 18.8 Å². The average molecular weight is 427 g/mol. The van der Waals surface area contributed by atoms with E-state index >= 15 is 0 Å². The Labute approximate surface area is 179 Å². The first-order valence-corrected chi connectivity index (χ1v) is 10.7. The number of carbonyl (C=O) groups is 1. The topological polar surface area (TPSA) is 51.1 Å². The van der Waals surface area contributed by atoms with Crippen molar-refractivity contribution < 1.29 is 18.7 Å². The molecule has 0 saturated carbocycles. The number of amides is 1. The monoisotopic (exact) mass is 426 g/mol. The number of ether oxygens (including phenoxy) is 2. The highest BCUT2D eigenvalue weighted by atomic mass is 32.2. The van der Waals surface area contributed by atoms with E-state index in [1.807, 2.05) is 24.3 Å². The Bertz CT molecular complexity index is 1000. The second kappa shape index (κ2) is 8.92. The summed E-state index contributed by atoms with van der Waals surface area (Å²) in [4.78, 5) is 20.0. The molecule has 2 aliphatic heterocycles. The van der Waals surface area contributed by atoms with Gasteiger partial charge in [-0.1, -0.05) is 32.0 Å². The zero-order valence-corrected chi connectivity index (χ0v) is 17.7. The van der Waals surface area contributed by atoms with Crippen LogP contribution in [0.4, 0.5) is 4.39 Å². The zero-order valence-electron chi connectivity index (χ0n) is 16.9. The number of aliphatic imine (C=N–C) groups is 1. The van der Waals surface area contributed by atoms with Gasteiger partial charge in [-0.05, 0) is 59.1 Å². The highest BCUT2D eigenvalue weighted by Crippen LogP contribution is 2.36. The smallest absolute Gasteiger partial charge is 0.266 e. The predicted molar refractivity (Wildman–Crippen MR) is 117 cm³/mol. The SMILES string of the molecule is CC(C)CN1C(=O)/C(=C/c2ccc3c(c2)OCCO3)S/C1=N\Cc1ccc(F)cc1. The van der Waals surface area contributed by atoms with E-state index in [0.717, 1.165) is 16.9 Å². The maximum absolute atomic E-state index is 13.1. The van der Waals surface area contributed by atoms with E-state index in [9.17, 15) is 9.18 Å². The van der Waals surface area contributed by atoms with Crippen molar-refractivity contribution in [3.05, 3.63) is 64.3 Å². The van der Waals surface area contributed by atoms with Crippen molar-refractivity contribution in [2.45, 2.75) is 20.4 Å². The molecule has 0 aliphatic carbocycles. The lowest BCUT2D eigenvalue weighted by atomic mass is 10.1. The number of nitrogens with zero attached hydrogens (tertiary/aromatic N) is 2. The van der Waals surface area contributed by atoms with E-state index in [1.54, 1.807) is 17.0 Å². The van der Waals surface area contributed by atoms with Crippen LogP contribution in [-0.2, 0) is 11.3 Å². The number of amidine groups is 1. The fourth-order valence-corrected chi connectivity index (χ4v) is 4.19. The summed E-state index contributed by atoms with van der Waals surface area (Å²) in [6.45, 7) is 6.17. The van der Waals surface area contributed by atoms with Gasteiger partial charge in [0.2, 0.25) is 0 Å². The van der Waals surface area contributed by atoms with E-state index in [4.69, 9.17) is 9.47 Å². The molecule has 1 fully saturated rings. The number of hydrogen-bond acceptors (Lipinski definition) is 5. The van der Waals surface area contributed by atoms with Gasteiger partial charge in [-0.3, -0.25) is 14.7 Å².